The minimum atomic E-state index is -2.77. The number of rotatable bonds is 5. The molecule has 3 aliphatic carbocycles. The van der Waals surface area contributed by atoms with Crippen LogP contribution in [0.4, 0.5) is 26.2 Å². The van der Waals surface area contributed by atoms with Crippen molar-refractivity contribution in [3.63, 3.8) is 0 Å². The molecule has 0 saturated carbocycles. The third-order valence-corrected chi connectivity index (χ3v) is 8.51. The highest BCUT2D eigenvalue weighted by Crippen LogP contribution is 2.53. The first-order valence-corrected chi connectivity index (χ1v) is 13.6. The first kappa shape index (κ1) is 30.5. The van der Waals surface area contributed by atoms with Crippen molar-refractivity contribution in [1.82, 2.24) is 4.90 Å². The van der Waals surface area contributed by atoms with E-state index in [1.165, 1.54) is 29.2 Å². The zero-order valence-corrected chi connectivity index (χ0v) is 24.3. The zero-order valence-electron chi connectivity index (χ0n) is 24.3. The predicted octanol–water partition coefficient (Wildman–Crippen LogP) is 1.97. The maximum absolute atomic E-state index is 14.1. The molecule has 14 heteroatoms. The summed E-state index contributed by atoms with van der Waals surface area (Å²) in [5.41, 5.74) is 1.91. The Hall–Kier alpha value is -4.95. The maximum atomic E-state index is 14.1. The number of nitrogens with one attached hydrogen (secondary N) is 2. The molecule has 44 heavy (non-hydrogen) atoms. The Bertz CT molecular complexity index is 1700. The van der Waals surface area contributed by atoms with E-state index in [1.807, 2.05) is 0 Å². The molecule has 8 N–H and O–H groups in total. The van der Waals surface area contributed by atoms with Gasteiger partial charge in [-0.25, -0.2) is 9.18 Å². The van der Waals surface area contributed by atoms with Gasteiger partial charge in [0.15, 0.2) is 17.1 Å². The van der Waals surface area contributed by atoms with Crippen LogP contribution in [0.25, 0.3) is 0 Å². The summed E-state index contributed by atoms with van der Waals surface area (Å²) < 4.78 is 13.6. The van der Waals surface area contributed by atoms with Crippen LogP contribution in [0.5, 0.6) is 5.75 Å². The summed E-state index contributed by atoms with van der Waals surface area (Å²) in [4.78, 5) is 55.6. The number of phenolic OH excluding ortho intramolecular Hbond substituents is 1. The van der Waals surface area contributed by atoms with Gasteiger partial charge in [-0.05, 0) is 62.7 Å². The number of aromatic hydroxyl groups is 1. The van der Waals surface area contributed by atoms with E-state index in [9.17, 15) is 44.0 Å². The number of carbonyl (C=O) groups excluding carboxylic acids is 4. The Morgan fingerprint density at radius 1 is 1.07 bits per heavy atom. The van der Waals surface area contributed by atoms with Crippen molar-refractivity contribution in [1.29, 1.82) is 0 Å². The first-order chi connectivity index (χ1) is 20.6. The molecule has 0 radical (unpaired) electrons. The molecular formula is C30H32FN5O8. The second-order valence-corrected chi connectivity index (χ2v) is 11.6. The van der Waals surface area contributed by atoms with Crippen molar-refractivity contribution < 1.29 is 44.0 Å². The van der Waals surface area contributed by atoms with Crippen LogP contribution < -0.4 is 21.3 Å². The number of allylic oxidation sites excluding steroid dienone is 1. The highest BCUT2D eigenvalue weighted by atomic mass is 19.1. The summed E-state index contributed by atoms with van der Waals surface area (Å²) in [5, 5.41) is 50.3. The monoisotopic (exact) mass is 609 g/mol. The number of anilines is 3. The van der Waals surface area contributed by atoms with Crippen LogP contribution >= 0.6 is 0 Å². The number of urea groups is 1. The normalized spacial score (nSPS) is 24.5. The van der Waals surface area contributed by atoms with Gasteiger partial charge < -0.3 is 41.7 Å². The van der Waals surface area contributed by atoms with Crippen molar-refractivity contribution in [2.24, 2.45) is 17.6 Å². The number of nitrogens with two attached hydrogens (primary N) is 1. The second-order valence-electron chi connectivity index (χ2n) is 11.6. The van der Waals surface area contributed by atoms with Crippen molar-refractivity contribution in [3.05, 3.63) is 69.9 Å². The summed E-state index contributed by atoms with van der Waals surface area (Å²) in [6, 6.07) is 4.64. The lowest BCUT2D eigenvalue weighted by Crippen LogP contribution is -2.63. The van der Waals surface area contributed by atoms with Crippen LogP contribution in [0.1, 0.15) is 22.3 Å². The molecule has 5 rings (SSSR count). The molecule has 3 amide bonds. The number of ketones is 2. The minimum absolute atomic E-state index is 0.0601. The minimum Gasteiger partial charge on any atom is -0.510 e. The summed E-state index contributed by atoms with van der Waals surface area (Å²) >= 11 is 0. The van der Waals surface area contributed by atoms with E-state index >= 15 is 0 Å². The Labute approximate surface area is 251 Å². The van der Waals surface area contributed by atoms with Crippen molar-refractivity contribution in [2.45, 2.75) is 24.5 Å². The number of amides is 3. The summed E-state index contributed by atoms with van der Waals surface area (Å²) in [7, 11) is 6.47. The molecule has 0 aliphatic heterocycles. The fraction of sp³-hybridized carbons (Fsp3) is 0.333. The number of hydrogen-bond acceptors (Lipinski definition) is 10. The van der Waals surface area contributed by atoms with Gasteiger partial charge in [0.2, 0.25) is 5.78 Å². The number of likely N-dealkylation sites (N-methyl/N-ethyl adjacent to an activating group) is 1. The number of hydrogen-bond donors (Lipinski definition) is 7. The molecule has 0 heterocycles. The lowest BCUT2D eigenvalue weighted by Gasteiger charge is -2.50. The average molecular weight is 610 g/mol. The summed E-state index contributed by atoms with van der Waals surface area (Å²) in [5.74, 6) is -8.32. The number of Topliss-reactive ketones (excluding diaryl/α,β-unsaturated/α-hetero) is 2. The molecule has 13 nitrogen and oxygen atoms in total. The van der Waals surface area contributed by atoms with Crippen molar-refractivity contribution in [2.75, 3.05) is 43.7 Å². The fourth-order valence-corrected chi connectivity index (χ4v) is 6.64. The number of nitrogens with zero attached hydrogens (tertiary/aromatic N) is 2. The topological polar surface area (TPSA) is 206 Å². The molecule has 0 aromatic heterocycles. The van der Waals surface area contributed by atoms with Gasteiger partial charge in [-0.2, -0.15) is 0 Å². The van der Waals surface area contributed by atoms with Crippen LogP contribution in [0, 0.1) is 17.7 Å². The Morgan fingerprint density at radius 2 is 1.75 bits per heavy atom. The van der Waals surface area contributed by atoms with E-state index in [0.29, 0.717) is 11.3 Å². The highest BCUT2D eigenvalue weighted by molar-refractivity contribution is 6.25. The molecule has 0 saturated heterocycles. The highest BCUT2D eigenvalue weighted by Gasteiger charge is 2.63. The number of benzene rings is 2. The average Bonchev–Trinajstić information content (AvgIpc) is 2.91. The van der Waals surface area contributed by atoms with Gasteiger partial charge in [-0.3, -0.25) is 19.3 Å². The van der Waals surface area contributed by atoms with Gasteiger partial charge in [0, 0.05) is 37.0 Å². The molecule has 0 unspecified atom stereocenters. The van der Waals surface area contributed by atoms with E-state index in [1.54, 1.807) is 33.1 Å². The van der Waals surface area contributed by atoms with Crippen molar-refractivity contribution >= 4 is 40.6 Å². The number of phenols is 1. The molecule has 0 bridgehead atoms. The van der Waals surface area contributed by atoms with Crippen LogP contribution in [-0.4, -0.2) is 88.7 Å². The Kier molecular flexibility index (Phi) is 7.38. The smallest absolute Gasteiger partial charge is 0.323 e. The first-order valence-electron chi connectivity index (χ1n) is 13.6. The van der Waals surface area contributed by atoms with E-state index in [0.717, 1.165) is 6.07 Å². The van der Waals surface area contributed by atoms with Gasteiger partial charge in [-0.15, -0.1) is 0 Å². The largest absolute Gasteiger partial charge is 0.510 e. The van der Waals surface area contributed by atoms with Gasteiger partial charge in [0.05, 0.1) is 17.3 Å². The van der Waals surface area contributed by atoms with Gasteiger partial charge in [0.1, 0.15) is 22.9 Å². The SMILES string of the molecule is CN(C)c1cc(NC(=O)Nc2cccc(F)c2)c(O)c2c1C[C@@H]1C[C@@H]3[C@@H](N(C)C)C(O)=C(C(N)=O)C(=O)[C@]3(O)C(O)=C1C2=O. The number of carbonyl (C=O) groups is 4. The van der Waals surface area contributed by atoms with E-state index in [-0.39, 0.29) is 35.4 Å². The molecule has 4 atom stereocenters. The fourth-order valence-electron chi connectivity index (χ4n) is 6.64. The predicted molar refractivity (Wildman–Crippen MR) is 157 cm³/mol. The van der Waals surface area contributed by atoms with Crippen LogP contribution in [0.2, 0.25) is 0 Å². The molecule has 2 aromatic carbocycles. The summed E-state index contributed by atoms with van der Waals surface area (Å²) in [6.45, 7) is 0. The Balaban J connectivity index is 1.62. The standard InChI is InChI=1S/C30H32FN5O8/c1-35(2)18-11-17(34-29(43)33-14-7-5-6-13(31)10-14)23(37)20-15(18)8-12-9-16-22(36(3)4)25(39)21(28(32)42)27(41)30(16,44)26(40)19(12)24(20)38/h5-7,10-12,16,22,37,39-40,44H,8-9H2,1-4H3,(H2,32,42)(H2,33,34,43)/t12-,16-,22-,30-/m1/s1. The van der Waals surface area contributed by atoms with Gasteiger partial charge >= 0.3 is 6.03 Å². The quantitative estimate of drug-likeness (QED) is 0.194. The van der Waals surface area contributed by atoms with E-state index in [2.05, 4.69) is 10.6 Å². The molecule has 232 valence electrons. The molecule has 0 fully saturated rings. The molecular weight excluding hydrogens is 577 g/mol. The number of aliphatic hydroxyl groups is 3. The van der Waals surface area contributed by atoms with Crippen LogP contribution in [0.15, 0.2) is 53.0 Å². The van der Waals surface area contributed by atoms with E-state index in [4.69, 9.17) is 5.73 Å². The van der Waals surface area contributed by atoms with Crippen molar-refractivity contribution in [3.8, 4) is 5.75 Å². The number of fused-ring (bicyclic) bond motifs is 3. The second kappa shape index (κ2) is 10.6. The third kappa shape index (κ3) is 4.53. The Morgan fingerprint density at radius 3 is 2.34 bits per heavy atom. The molecule has 2 aromatic rings. The molecule has 0 spiro atoms. The third-order valence-electron chi connectivity index (χ3n) is 8.51. The lowest BCUT2D eigenvalue weighted by molar-refractivity contribution is -0.148. The lowest BCUT2D eigenvalue weighted by atomic mass is 9.58. The zero-order chi connectivity index (χ0) is 32.4. The van der Waals surface area contributed by atoms with Crippen LogP contribution in [0.3, 0.4) is 0 Å². The number of primary amides is 1. The van der Waals surface area contributed by atoms with Crippen LogP contribution in [-0.2, 0) is 16.0 Å². The van der Waals surface area contributed by atoms with Gasteiger partial charge in [-0.1, -0.05) is 6.07 Å². The van der Waals surface area contributed by atoms with Gasteiger partial charge in [0.25, 0.3) is 5.91 Å². The number of halogens is 1. The van der Waals surface area contributed by atoms with E-state index < -0.39 is 75.6 Å². The maximum Gasteiger partial charge on any atom is 0.323 e. The summed E-state index contributed by atoms with van der Waals surface area (Å²) in [6.07, 6.45) is 0.0147. The number of aliphatic hydroxyl groups excluding tert-OH is 2. The molecule has 3 aliphatic rings.